The van der Waals surface area contributed by atoms with Gasteiger partial charge in [-0.1, -0.05) is 12.1 Å². The Morgan fingerprint density at radius 2 is 1.19 bits per heavy atom. The van der Waals surface area contributed by atoms with Crippen molar-refractivity contribution < 1.29 is 85.0 Å². The van der Waals surface area contributed by atoms with E-state index < -0.39 is 0 Å². The van der Waals surface area contributed by atoms with Crippen LogP contribution in [-0.2, 0) is 25.8 Å². The number of nitrogens with one attached hydrogen (secondary N) is 1. The number of imide groups is 1. The van der Waals surface area contributed by atoms with Gasteiger partial charge in [0.15, 0.2) is 0 Å². The largest absolute Gasteiger partial charge is 4.00 e. The van der Waals surface area contributed by atoms with E-state index in [1.807, 2.05) is 13.8 Å². The Balaban J connectivity index is -0.0000000773. The first-order valence-electron chi connectivity index (χ1n) is 5.23. The van der Waals surface area contributed by atoms with E-state index in [2.05, 4.69) is 5.32 Å². The molecule has 4 nitrogen and oxygen atoms in total. The van der Waals surface area contributed by atoms with E-state index >= 15 is 0 Å². The van der Waals surface area contributed by atoms with Crippen molar-refractivity contribution in [1.82, 2.24) is 5.32 Å². The van der Waals surface area contributed by atoms with Crippen LogP contribution in [0.15, 0.2) is 24.3 Å². The van der Waals surface area contributed by atoms with Crippen molar-refractivity contribution in [2.75, 3.05) is 13.2 Å². The third-order valence-corrected chi connectivity index (χ3v) is 2.05. The van der Waals surface area contributed by atoms with Gasteiger partial charge >= 0.3 is 21.1 Å². The molecule has 0 radical (unpaired) electrons. The van der Waals surface area contributed by atoms with Crippen LogP contribution in [0, 0.1) is 0 Å². The fourth-order valence-corrected chi connectivity index (χ4v) is 1.32. The molecule has 0 saturated carbocycles. The number of carbonyl (C=O) groups excluding carboxylic acids is 2. The monoisotopic (exact) mass is 545 g/mol. The third kappa shape index (κ3) is 10.5. The van der Waals surface area contributed by atoms with E-state index in [-0.39, 0.29) is 82.5 Å². The van der Waals surface area contributed by atoms with Crippen molar-refractivity contribution in [3.8, 4) is 0 Å². The molecule has 0 saturated heterocycles. The molecule has 0 bridgehead atoms. The molecule has 2 amide bonds. The molecule has 9 heteroatoms. The van der Waals surface area contributed by atoms with Crippen LogP contribution in [0.2, 0.25) is 0 Å². The summed E-state index contributed by atoms with van der Waals surface area (Å²) < 4.78 is 4.83. The zero-order chi connectivity index (χ0) is 12.0. The molecule has 1 aliphatic rings. The van der Waals surface area contributed by atoms with Crippen molar-refractivity contribution in [3.63, 3.8) is 0 Å². The number of rotatable bonds is 2. The summed E-state index contributed by atoms with van der Waals surface area (Å²) in [6.45, 7) is 5.67. The summed E-state index contributed by atoms with van der Waals surface area (Å²) in [6.07, 6.45) is 0. The van der Waals surface area contributed by atoms with E-state index in [9.17, 15) is 9.59 Å². The van der Waals surface area contributed by atoms with Crippen molar-refractivity contribution in [2.45, 2.75) is 13.8 Å². The second kappa shape index (κ2) is 18.2. The Labute approximate surface area is 164 Å². The average Bonchev–Trinajstić information content (AvgIpc) is 2.58. The summed E-state index contributed by atoms with van der Waals surface area (Å²) >= 11 is 0. The predicted octanol–water partition coefficient (Wildman–Crippen LogP) is -10.4. The number of fused-ring (bicyclic) bond motifs is 1. The third-order valence-electron chi connectivity index (χ3n) is 2.05. The summed E-state index contributed by atoms with van der Waals surface area (Å²) in [7, 11) is 0. The van der Waals surface area contributed by atoms with Gasteiger partial charge in [-0.05, 0) is 26.0 Å². The van der Waals surface area contributed by atoms with Gasteiger partial charge in [0.05, 0.1) is 11.1 Å². The number of amides is 2. The van der Waals surface area contributed by atoms with Crippen molar-refractivity contribution in [3.05, 3.63) is 35.4 Å². The first kappa shape index (κ1) is 32.9. The van der Waals surface area contributed by atoms with Crippen LogP contribution in [0.25, 0.3) is 0 Å². The zero-order valence-electron chi connectivity index (χ0n) is 11.4. The second-order valence-electron chi connectivity index (χ2n) is 3.11. The van der Waals surface area contributed by atoms with Gasteiger partial charge in [-0.15, -0.1) is 0 Å². The Bertz CT molecular complexity index is 373. The minimum absolute atomic E-state index is 0. The summed E-state index contributed by atoms with van der Waals surface area (Å²) in [5.74, 6) is -0.601. The molecule has 1 heterocycles. The Hall–Kier alpha value is 0.168. The number of hydrogen-bond donors (Lipinski definition) is 1. The van der Waals surface area contributed by atoms with Gasteiger partial charge in [0.1, 0.15) is 0 Å². The fraction of sp³-hybridized carbons (Fsp3) is 0.333. The van der Waals surface area contributed by atoms with Crippen molar-refractivity contribution in [2.24, 2.45) is 0 Å². The van der Waals surface area contributed by atoms with Gasteiger partial charge in [0.25, 0.3) is 11.8 Å². The SMILES string of the molecule is CCOCC.O=C1NC(=O)c2ccccc21.[Cl-].[Cl-].[Cl-].[Cl-].[W+4]. The Kier molecular flexibility index (Phi) is 28.6. The van der Waals surface area contributed by atoms with E-state index in [0.29, 0.717) is 11.1 Å². The van der Waals surface area contributed by atoms with Crippen molar-refractivity contribution in [1.29, 1.82) is 0 Å². The smallest absolute Gasteiger partial charge is 1.00 e. The van der Waals surface area contributed by atoms with Crippen LogP contribution in [0.4, 0.5) is 0 Å². The first-order valence-corrected chi connectivity index (χ1v) is 5.23. The van der Waals surface area contributed by atoms with Gasteiger partial charge in [-0.25, -0.2) is 0 Å². The van der Waals surface area contributed by atoms with Gasteiger partial charge in [0.2, 0.25) is 0 Å². The minimum Gasteiger partial charge on any atom is -1.00 e. The molecule has 0 fully saturated rings. The molecule has 1 aromatic rings. The number of carbonyl (C=O) groups is 2. The standard InChI is InChI=1S/C8H5NO2.C4H10O.4ClH.W/c10-7-5-3-1-2-4-6(5)8(11)9-7;1-3-5-4-2;;;;;/h1-4H,(H,9,10,11);3-4H2,1-2H3;4*1H;/q;;;;;;+4/p-4. The quantitative estimate of drug-likeness (QED) is 0.375. The van der Waals surface area contributed by atoms with Crippen LogP contribution < -0.4 is 54.9 Å². The van der Waals surface area contributed by atoms with Crippen LogP contribution >= 0.6 is 0 Å². The molecular weight excluding hydrogens is 532 g/mol. The van der Waals surface area contributed by atoms with Crippen molar-refractivity contribution >= 4 is 11.8 Å². The van der Waals surface area contributed by atoms with Gasteiger partial charge in [0, 0.05) is 13.2 Å². The fourth-order valence-electron chi connectivity index (χ4n) is 1.32. The first-order chi connectivity index (χ1) is 7.70. The maximum Gasteiger partial charge on any atom is 4.00 e. The molecule has 21 heavy (non-hydrogen) atoms. The zero-order valence-corrected chi connectivity index (χ0v) is 17.3. The molecule has 0 spiro atoms. The normalized spacial score (nSPS) is 9.62. The summed E-state index contributed by atoms with van der Waals surface area (Å²) in [4.78, 5) is 21.9. The molecular formula is C12H15Cl4NO3W. The molecule has 120 valence electrons. The van der Waals surface area contributed by atoms with Crippen LogP contribution in [0.1, 0.15) is 34.6 Å². The molecule has 0 unspecified atom stereocenters. The topological polar surface area (TPSA) is 55.4 Å². The van der Waals surface area contributed by atoms with Gasteiger partial charge in [-0.3, -0.25) is 14.9 Å². The van der Waals surface area contributed by atoms with E-state index in [0.717, 1.165) is 13.2 Å². The van der Waals surface area contributed by atoms with E-state index in [4.69, 9.17) is 4.74 Å². The number of halogens is 4. The van der Waals surface area contributed by atoms with Crippen LogP contribution in [0.3, 0.4) is 0 Å². The van der Waals surface area contributed by atoms with E-state index in [1.54, 1.807) is 24.3 Å². The molecule has 1 aliphatic heterocycles. The maximum absolute atomic E-state index is 10.9. The number of ether oxygens (including phenoxy) is 1. The number of hydrogen-bond acceptors (Lipinski definition) is 3. The molecule has 2 rings (SSSR count). The Morgan fingerprint density at radius 3 is 1.43 bits per heavy atom. The molecule has 1 aromatic carbocycles. The minimum atomic E-state index is -0.300. The number of benzene rings is 1. The predicted molar refractivity (Wildman–Crippen MR) is 60.4 cm³/mol. The molecule has 0 aliphatic carbocycles. The van der Waals surface area contributed by atoms with Crippen LogP contribution in [0.5, 0.6) is 0 Å². The summed E-state index contributed by atoms with van der Waals surface area (Å²) in [6, 6.07) is 6.74. The van der Waals surface area contributed by atoms with Gasteiger partial charge < -0.3 is 54.4 Å². The summed E-state index contributed by atoms with van der Waals surface area (Å²) in [5.41, 5.74) is 0.940. The molecule has 0 aromatic heterocycles. The summed E-state index contributed by atoms with van der Waals surface area (Å²) in [5, 5.41) is 2.20. The second-order valence-corrected chi connectivity index (χ2v) is 3.11. The Morgan fingerprint density at radius 1 is 0.857 bits per heavy atom. The molecule has 0 atom stereocenters. The maximum atomic E-state index is 10.9. The van der Waals surface area contributed by atoms with Crippen LogP contribution in [-0.4, -0.2) is 25.0 Å². The van der Waals surface area contributed by atoms with Gasteiger partial charge in [-0.2, -0.15) is 0 Å². The molecule has 1 N–H and O–H groups in total. The van der Waals surface area contributed by atoms with E-state index in [1.165, 1.54) is 0 Å². The average molecular weight is 547 g/mol.